The first-order valence-corrected chi connectivity index (χ1v) is 9.28. The van der Waals surface area contributed by atoms with Crippen LogP contribution in [-0.2, 0) is 6.42 Å². The quantitative estimate of drug-likeness (QED) is 0.574. The number of aryl methyl sites for hydroxylation is 1. The zero-order valence-corrected chi connectivity index (χ0v) is 15.0. The molecule has 0 unspecified atom stereocenters. The van der Waals surface area contributed by atoms with Crippen LogP contribution in [0.25, 0.3) is 27.5 Å². The van der Waals surface area contributed by atoms with E-state index in [1.165, 1.54) is 52.3 Å². The van der Waals surface area contributed by atoms with E-state index in [9.17, 15) is 0 Å². The minimum absolute atomic E-state index is 0.653. The Morgan fingerprint density at radius 2 is 1.81 bits per heavy atom. The fourth-order valence-electron chi connectivity index (χ4n) is 4.31. The van der Waals surface area contributed by atoms with E-state index in [4.69, 9.17) is 4.74 Å². The summed E-state index contributed by atoms with van der Waals surface area (Å²) in [6.07, 6.45) is 11.2. The van der Waals surface area contributed by atoms with Crippen molar-refractivity contribution in [2.75, 3.05) is 7.11 Å². The molecule has 0 saturated carbocycles. The van der Waals surface area contributed by atoms with Crippen LogP contribution in [0.4, 0.5) is 0 Å². The van der Waals surface area contributed by atoms with Gasteiger partial charge < -0.3 is 4.74 Å². The van der Waals surface area contributed by atoms with E-state index >= 15 is 0 Å². The minimum Gasteiger partial charge on any atom is -0.481 e. The molecule has 2 aliphatic carbocycles. The van der Waals surface area contributed by atoms with Gasteiger partial charge in [-0.05, 0) is 76.4 Å². The highest BCUT2D eigenvalue weighted by Crippen LogP contribution is 2.40. The van der Waals surface area contributed by atoms with Gasteiger partial charge in [0, 0.05) is 12.3 Å². The Bertz CT molecular complexity index is 1070. The number of ether oxygens (including phenoxy) is 1. The van der Waals surface area contributed by atoms with Crippen molar-refractivity contribution in [1.82, 2.24) is 4.98 Å². The number of hydrogen-bond donors (Lipinski definition) is 0. The van der Waals surface area contributed by atoms with E-state index in [1.54, 1.807) is 12.7 Å². The van der Waals surface area contributed by atoms with Crippen LogP contribution in [0.2, 0.25) is 0 Å². The summed E-state index contributed by atoms with van der Waals surface area (Å²) in [6.45, 7) is 0. The predicted octanol–water partition coefficient (Wildman–Crippen LogP) is 5.96. The molecular formula is C24H21NO. The Morgan fingerprint density at radius 1 is 0.923 bits per heavy atom. The second-order valence-corrected chi connectivity index (χ2v) is 7.07. The molecular weight excluding hydrogens is 318 g/mol. The molecule has 1 aromatic heterocycles. The normalized spacial score (nSPS) is 15.7. The van der Waals surface area contributed by atoms with E-state index < -0.39 is 0 Å². The first-order valence-electron chi connectivity index (χ1n) is 9.28. The zero-order chi connectivity index (χ0) is 17.5. The topological polar surface area (TPSA) is 22.1 Å². The summed E-state index contributed by atoms with van der Waals surface area (Å²) in [5, 5.41) is 2.69. The van der Waals surface area contributed by atoms with Gasteiger partial charge in [0.25, 0.3) is 0 Å². The van der Waals surface area contributed by atoms with E-state index in [2.05, 4.69) is 47.5 Å². The maximum Gasteiger partial charge on any atom is 0.213 e. The first-order chi connectivity index (χ1) is 12.8. The van der Waals surface area contributed by atoms with Gasteiger partial charge in [0.15, 0.2) is 0 Å². The van der Waals surface area contributed by atoms with E-state index in [1.807, 2.05) is 18.3 Å². The highest BCUT2D eigenvalue weighted by Gasteiger charge is 2.20. The van der Waals surface area contributed by atoms with Crippen LogP contribution in [0.5, 0.6) is 5.88 Å². The molecule has 0 fully saturated rings. The molecule has 0 N–H and O–H groups in total. The van der Waals surface area contributed by atoms with E-state index in [0.29, 0.717) is 5.88 Å². The van der Waals surface area contributed by atoms with E-state index in [-0.39, 0.29) is 0 Å². The summed E-state index contributed by atoms with van der Waals surface area (Å²) in [5.41, 5.74) is 8.38. The summed E-state index contributed by atoms with van der Waals surface area (Å²) in [7, 11) is 1.66. The molecule has 0 bridgehead atoms. The van der Waals surface area contributed by atoms with Crippen molar-refractivity contribution in [3.63, 3.8) is 0 Å². The summed E-state index contributed by atoms with van der Waals surface area (Å²) >= 11 is 0. The van der Waals surface area contributed by atoms with Gasteiger partial charge in [-0.1, -0.05) is 42.0 Å². The summed E-state index contributed by atoms with van der Waals surface area (Å²) in [5.74, 6) is 0.653. The Balaban J connectivity index is 1.69. The summed E-state index contributed by atoms with van der Waals surface area (Å²) < 4.78 is 5.29. The maximum atomic E-state index is 5.29. The van der Waals surface area contributed by atoms with Gasteiger partial charge in [-0.25, -0.2) is 4.98 Å². The number of fused-ring (bicyclic) bond motifs is 4. The lowest BCUT2D eigenvalue weighted by molar-refractivity contribution is 0.398. The largest absolute Gasteiger partial charge is 0.481 e. The molecule has 2 aliphatic rings. The number of nitrogens with zero attached hydrogens (tertiary/aromatic N) is 1. The number of methoxy groups -OCH3 is 1. The predicted molar refractivity (Wildman–Crippen MR) is 107 cm³/mol. The summed E-state index contributed by atoms with van der Waals surface area (Å²) in [4.78, 5) is 4.23. The van der Waals surface area contributed by atoms with Crippen molar-refractivity contribution in [1.29, 1.82) is 0 Å². The Hall–Kier alpha value is -2.87. The summed E-state index contributed by atoms with van der Waals surface area (Å²) in [6, 6.07) is 15.4. The van der Waals surface area contributed by atoms with Crippen molar-refractivity contribution >= 4 is 16.3 Å². The molecule has 0 atom stereocenters. The Morgan fingerprint density at radius 3 is 2.73 bits per heavy atom. The second kappa shape index (κ2) is 6.14. The first kappa shape index (κ1) is 15.4. The molecule has 26 heavy (non-hydrogen) atoms. The molecule has 5 rings (SSSR count). The molecule has 2 aromatic carbocycles. The smallest absolute Gasteiger partial charge is 0.213 e. The van der Waals surface area contributed by atoms with Crippen LogP contribution >= 0.6 is 0 Å². The average Bonchev–Trinajstić information content (AvgIpc) is 2.73. The van der Waals surface area contributed by atoms with Crippen molar-refractivity contribution in [3.05, 3.63) is 77.5 Å². The van der Waals surface area contributed by atoms with Gasteiger partial charge in [-0.15, -0.1) is 0 Å². The minimum atomic E-state index is 0.653. The number of allylic oxidation sites excluding steroid dienone is 4. The SMILES string of the molecule is COc1cc(-c2ccc3ccc4c(c3c2)CCC2=C4C=CCC2)ccn1. The van der Waals surface area contributed by atoms with Crippen LogP contribution in [0, 0.1) is 0 Å². The van der Waals surface area contributed by atoms with Crippen LogP contribution in [0.15, 0.2) is 66.4 Å². The lowest BCUT2D eigenvalue weighted by Gasteiger charge is -2.25. The lowest BCUT2D eigenvalue weighted by Crippen LogP contribution is -2.07. The van der Waals surface area contributed by atoms with Gasteiger partial charge in [0.05, 0.1) is 7.11 Å². The van der Waals surface area contributed by atoms with Crippen molar-refractivity contribution in [3.8, 4) is 17.0 Å². The molecule has 0 radical (unpaired) electrons. The molecule has 2 heteroatoms. The second-order valence-electron chi connectivity index (χ2n) is 7.07. The zero-order valence-electron chi connectivity index (χ0n) is 15.0. The number of rotatable bonds is 2. The van der Waals surface area contributed by atoms with Crippen LogP contribution in [-0.4, -0.2) is 12.1 Å². The van der Waals surface area contributed by atoms with Gasteiger partial charge in [0.1, 0.15) is 0 Å². The van der Waals surface area contributed by atoms with Gasteiger partial charge in [-0.2, -0.15) is 0 Å². The van der Waals surface area contributed by atoms with Crippen LogP contribution in [0.1, 0.15) is 30.4 Å². The van der Waals surface area contributed by atoms with Crippen molar-refractivity contribution in [2.45, 2.75) is 25.7 Å². The fraction of sp³-hybridized carbons (Fsp3) is 0.208. The third-order valence-electron chi connectivity index (χ3n) is 5.66. The van der Waals surface area contributed by atoms with Gasteiger partial charge in [-0.3, -0.25) is 0 Å². The van der Waals surface area contributed by atoms with E-state index in [0.717, 1.165) is 12.0 Å². The number of pyridine rings is 1. The number of benzene rings is 2. The molecule has 0 aliphatic heterocycles. The van der Waals surface area contributed by atoms with Crippen molar-refractivity contribution in [2.24, 2.45) is 0 Å². The Kier molecular flexibility index (Phi) is 3.63. The molecule has 0 saturated heterocycles. The van der Waals surface area contributed by atoms with Crippen molar-refractivity contribution < 1.29 is 4.74 Å². The molecule has 0 amide bonds. The third-order valence-corrected chi connectivity index (χ3v) is 5.66. The highest BCUT2D eigenvalue weighted by atomic mass is 16.5. The molecule has 1 heterocycles. The van der Waals surface area contributed by atoms with Crippen LogP contribution < -0.4 is 4.74 Å². The van der Waals surface area contributed by atoms with Gasteiger partial charge in [0.2, 0.25) is 5.88 Å². The maximum absolute atomic E-state index is 5.29. The lowest BCUT2D eigenvalue weighted by atomic mass is 9.79. The average molecular weight is 339 g/mol. The fourth-order valence-corrected chi connectivity index (χ4v) is 4.31. The Labute approximate surface area is 153 Å². The van der Waals surface area contributed by atoms with Crippen LogP contribution in [0.3, 0.4) is 0 Å². The molecule has 0 spiro atoms. The standard InChI is InChI=1S/C24H21NO/c1-26-24-15-19(12-13-25-24)18-7-6-17-9-10-21-20-5-3-2-4-16(20)8-11-22(21)23(17)14-18/h3,5-7,9-10,12-15H,2,4,8,11H2,1H3. The molecule has 2 nitrogen and oxygen atoms in total. The highest BCUT2D eigenvalue weighted by molar-refractivity contribution is 5.96. The molecule has 128 valence electrons. The number of aromatic nitrogens is 1. The van der Waals surface area contributed by atoms with Gasteiger partial charge >= 0.3 is 0 Å². The monoisotopic (exact) mass is 339 g/mol. The third kappa shape index (κ3) is 2.45. The molecule has 3 aromatic rings. The number of hydrogen-bond acceptors (Lipinski definition) is 2.